The van der Waals surface area contributed by atoms with Crippen LogP contribution in [0.15, 0.2) is 76.4 Å². The predicted molar refractivity (Wildman–Crippen MR) is 106 cm³/mol. The van der Waals surface area contributed by atoms with E-state index in [9.17, 15) is 14.9 Å². The van der Waals surface area contributed by atoms with Crippen LogP contribution in [0.25, 0.3) is 5.69 Å². The molecule has 1 N–H and O–H groups in total. The maximum Gasteiger partial charge on any atom is 0.273 e. The van der Waals surface area contributed by atoms with Gasteiger partial charge in [0, 0.05) is 28.0 Å². The van der Waals surface area contributed by atoms with E-state index in [2.05, 4.69) is 26.5 Å². The van der Waals surface area contributed by atoms with Gasteiger partial charge >= 0.3 is 0 Å². The number of carbonyl (C=O) groups is 1. The smallest absolute Gasteiger partial charge is 0.273 e. The fourth-order valence-corrected chi connectivity index (χ4v) is 2.97. The van der Waals surface area contributed by atoms with Gasteiger partial charge in [0.05, 0.1) is 23.3 Å². The highest BCUT2D eigenvalue weighted by molar-refractivity contribution is 9.10. The lowest BCUT2D eigenvalue weighted by molar-refractivity contribution is -0.385. The van der Waals surface area contributed by atoms with Crippen LogP contribution in [0.2, 0.25) is 0 Å². The number of halogens is 1. The Morgan fingerprint density at radius 3 is 2.78 bits per heavy atom. The molecule has 7 nitrogen and oxygen atoms in total. The lowest BCUT2D eigenvalue weighted by Crippen LogP contribution is -2.20. The number of aromatic nitrogens is 1. The average Bonchev–Trinajstić information content (AvgIpc) is 3.10. The van der Waals surface area contributed by atoms with Gasteiger partial charge in [0.1, 0.15) is 0 Å². The zero-order chi connectivity index (χ0) is 19.2. The third-order valence-corrected chi connectivity index (χ3v) is 4.29. The van der Waals surface area contributed by atoms with Gasteiger partial charge in [0.15, 0.2) is 0 Å². The van der Waals surface area contributed by atoms with Gasteiger partial charge in [-0.15, -0.1) is 0 Å². The number of rotatable bonds is 6. The molecule has 0 saturated heterocycles. The van der Waals surface area contributed by atoms with Gasteiger partial charge in [0.2, 0.25) is 5.91 Å². The molecule has 1 heterocycles. The van der Waals surface area contributed by atoms with Gasteiger partial charge < -0.3 is 4.57 Å². The molecule has 3 aromatic rings. The molecule has 0 radical (unpaired) electrons. The van der Waals surface area contributed by atoms with E-state index in [0.717, 1.165) is 15.9 Å². The molecule has 0 saturated carbocycles. The van der Waals surface area contributed by atoms with Crippen molar-refractivity contribution in [2.75, 3.05) is 0 Å². The fraction of sp³-hybridized carbons (Fsp3) is 0.0526. The summed E-state index contributed by atoms with van der Waals surface area (Å²) in [4.78, 5) is 22.6. The molecule has 0 aliphatic heterocycles. The summed E-state index contributed by atoms with van der Waals surface area (Å²) in [6.45, 7) is 0. The Balaban J connectivity index is 1.68. The van der Waals surface area contributed by atoms with Crippen molar-refractivity contribution in [3.8, 4) is 5.69 Å². The number of nitrogens with one attached hydrogen (secondary N) is 1. The van der Waals surface area contributed by atoms with E-state index in [1.807, 2.05) is 47.2 Å². The van der Waals surface area contributed by atoms with Gasteiger partial charge in [-0.05, 0) is 30.3 Å². The summed E-state index contributed by atoms with van der Waals surface area (Å²) in [5, 5.41) is 15.0. The lowest BCUT2D eigenvalue weighted by Gasteiger charge is -2.06. The fourth-order valence-electron chi connectivity index (χ4n) is 2.58. The van der Waals surface area contributed by atoms with Crippen molar-refractivity contribution < 1.29 is 9.72 Å². The second-order valence-electron chi connectivity index (χ2n) is 5.64. The Hall–Kier alpha value is -3.26. The van der Waals surface area contributed by atoms with Crippen LogP contribution >= 0.6 is 15.9 Å². The highest BCUT2D eigenvalue weighted by atomic mass is 79.9. The SMILES string of the molecule is O=C(Cc1ccccc1[N+](=O)[O-])NN=Cc1cccn1-c1cccc(Br)c1. The summed E-state index contributed by atoms with van der Waals surface area (Å²) in [7, 11) is 0. The summed E-state index contributed by atoms with van der Waals surface area (Å²) >= 11 is 3.44. The van der Waals surface area contributed by atoms with E-state index in [1.54, 1.807) is 18.2 Å². The molecule has 3 rings (SSSR count). The zero-order valence-corrected chi connectivity index (χ0v) is 15.7. The Labute approximate surface area is 163 Å². The van der Waals surface area contributed by atoms with Gasteiger partial charge in [-0.1, -0.05) is 40.2 Å². The second-order valence-corrected chi connectivity index (χ2v) is 6.55. The minimum absolute atomic E-state index is 0.0832. The van der Waals surface area contributed by atoms with Gasteiger partial charge in [-0.3, -0.25) is 14.9 Å². The number of hydrogen-bond acceptors (Lipinski definition) is 4. The normalized spacial score (nSPS) is 10.9. The summed E-state index contributed by atoms with van der Waals surface area (Å²) in [5.41, 5.74) is 4.39. The first-order valence-electron chi connectivity index (χ1n) is 8.02. The maximum atomic E-state index is 12.1. The van der Waals surface area contributed by atoms with Crippen LogP contribution in [0.1, 0.15) is 11.3 Å². The Morgan fingerprint density at radius 1 is 1.19 bits per heavy atom. The summed E-state index contributed by atoms with van der Waals surface area (Å²) in [6.07, 6.45) is 3.29. The Bertz CT molecular complexity index is 1010. The van der Waals surface area contributed by atoms with Crippen molar-refractivity contribution in [1.82, 2.24) is 9.99 Å². The summed E-state index contributed by atoms with van der Waals surface area (Å²) in [6, 6.07) is 17.7. The Kier molecular flexibility index (Phi) is 5.77. The molecule has 1 amide bonds. The van der Waals surface area contributed by atoms with Gasteiger partial charge in [-0.2, -0.15) is 5.10 Å². The van der Waals surface area contributed by atoms with Crippen LogP contribution < -0.4 is 5.43 Å². The monoisotopic (exact) mass is 426 g/mol. The molecular formula is C19H15BrN4O3. The third kappa shape index (κ3) is 4.68. The van der Waals surface area contributed by atoms with Crippen LogP contribution in [0, 0.1) is 10.1 Å². The minimum Gasteiger partial charge on any atom is -0.316 e. The van der Waals surface area contributed by atoms with E-state index < -0.39 is 10.8 Å². The molecule has 1 aromatic heterocycles. The number of nitro groups is 1. The second kappa shape index (κ2) is 8.41. The molecule has 0 bridgehead atoms. The van der Waals surface area contributed by atoms with E-state index in [-0.39, 0.29) is 12.1 Å². The summed E-state index contributed by atoms with van der Waals surface area (Å²) < 4.78 is 2.87. The molecule has 0 spiro atoms. The van der Waals surface area contributed by atoms with E-state index in [1.165, 1.54) is 12.3 Å². The third-order valence-electron chi connectivity index (χ3n) is 3.79. The van der Waals surface area contributed by atoms with E-state index in [4.69, 9.17) is 0 Å². The van der Waals surface area contributed by atoms with Crippen LogP contribution in [-0.2, 0) is 11.2 Å². The van der Waals surface area contributed by atoms with Crippen molar-refractivity contribution in [3.05, 3.63) is 92.7 Å². The zero-order valence-electron chi connectivity index (χ0n) is 14.1. The quantitative estimate of drug-likeness (QED) is 0.368. The maximum absolute atomic E-state index is 12.1. The molecule has 0 aliphatic rings. The Morgan fingerprint density at radius 2 is 2.00 bits per heavy atom. The molecule has 2 aromatic carbocycles. The number of benzene rings is 2. The molecule has 0 fully saturated rings. The number of nitro benzene ring substituents is 1. The van der Waals surface area contributed by atoms with Crippen LogP contribution in [0.5, 0.6) is 0 Å². The van der Waals surface area contributed by atoms with Crippen molar-refractivity contribution in [1.29, 1.82) is 0 Å². The van der Waals surface area contributed by atoms with Gasteiger partial charge in [0.25, 0.3) is 5.69 Å². The van der Waals surface area contributed by atoms with Crippen LogP contribution in [-0.4, -0.2) is 21.6 Å². The minimum atomic E-state index is -0.503. The van der Waals surface area contributed by atoms with Gasteiger partial charge in [-0.25, -0.2) is 5.43 Å². The van der Waals surface area contributed by atoms with Crippen molar-refractivity contribution in [2.24, 2.45) is 5.10 Å². The topological polar surface area (TPSA) is 89.5 Å². The number of nitrogens with zero attached hydrogens (tertiary/aromatic N) is 3. The van der Waals surface area contributed by atoms with Crippen molar-refractivity contribution >= 4 is 33.7 Å². The highest BCUT2D eigenvalue weighted by Crippen LogP contribution is 2.18. The van der Waals surface area contributed by atoms with Crippen molar-refractivity contribution in [2.45, 2.75) is 6.42 Å². The number of para-hydroxylation sites is 1. The largest absolute Gasteiger partial charge is 0.316 e. The standard InChI is InChI=1S/C19H15BrN4O3/c20-15-6-3-7-16(12-15)23-10-4-8-17(23)13-21-22-19(25)11-14-5-1-2-9-18(14)24(26)27/h1-10,12-13H,11H2,(H,22,25). The summed E-state index contributed by atoms with van der Waals surface area (Å²) in [5.74, 6) is -0.430. The van der Waals surface area contributed by atoms with Crippen molar-refractivity contribution in [3.63, 3.8) is 0 Å². The highest BCUT2D eigenvalue weighted by Gasteiger charge is 2.15. The van der Waals surface area contributed by atoms with E-state index in [0.29, 0.717) is 5.56 Å². The molecule has 8 heteroatoms. The first kappa shape index (κ1) is 18.5. The first-order valence-corrected chi connectivity index (χ1v) is 8.81. The molecule has 0 aliphatic carbocycles. The molecule has 0 atom stereocenters. The van der Waals surface area contributed by atoms with E-state index >= 15 is 0 Å². The first-order chi connectivity index (χ1) is 13.0. The molecular weight excluding hydrogens is 412 g/mol. The lowest BCUT2D eigenvalue weighted by atomic mass is 10.1. The average molecular weight is 427 g/mol. The number of hydrazone groups is 1. The predicted octanol–water partition coefficient (Wildman–Crippen LogP) is 3.84. The molecule has 136 valence electrons. The number of carbonyl (C=O) groups excluding carboxylic acids is 1. The molecule has 27 heavy (non-hydrogen) atoms. The van der Waals surface area contributed by atoms with Crippen LogP contribution in [0.3, 0.4) is 0 Å². The number of amides is 1. The van der Waals surface area contributed by atoms with Crippen LogP contribution in [0.4, 0.5) is 5.69 Å². The number of hydrogen-bond donors (Lipinski definition) is 1. The molecule has 0 unspecified atom stereocenters.